The van der Waals surface area contributed by atoms with Crippen molar-refractivity contribution in [3.05, 3.63) is 47.7 Å². The van der Waals surface area contributed by atoms with Crippen LogP contribution in [0.5, 0.6) is 0 Å². The molecule has 1 fully saturated rings. The molecule has 0 aliphatic carbocycles. The van der Waals surface area contributed by atoms with E-state index in [0.29, 0.717) is 12.3 Å². The molecule has 0 N–H and O–H groups in total. The average molecular weight is 342 g/mol. The van der Waals surface area contributed by atoms with Crippen LogP contribution in [0, 0.1) is 12.7 Å². The molecule has 0 spiro atoms. The van der Waals surface area contributed by atoms with Crippen molar-refractivity contribution in [2.24, 2.45) is 0 Å². The number of nitrogens with zero attached hydrogens (tertiary/aromatic N) is 4. The lowest BCUT2D eigenvalue weighted by Gasteiger charge is -2.36. The zero-order valence-corrected chi connectivity index (χ0v) is 14.1. The Labute approximate surface area is 144 Å². The Hall–Kier alpha value is -2.54. The lowest BCUT2D eigenvalue weighted by Crippen LogP contribution is -2.38. The molecule has 25 heavy (non-hydrogen) atoms. The summed E-state index contributed by atoms with van der Waals surface area (Å²) in [4.78, 5) is 10.7. The Morgan fingerprint density at radius 1 is 1.20 bits per heavy atom. The minimum absolute atomic E-state index is 0.0531. The van der Waals surface area contributed by atoms with Crippen LogP contribution >= 0.6 is 0 Å². The largest absolute Gasteiger partial charge is 0.373 e. The number of aryl methyl sites for hydroxylation is 1. The van der Waals surface area contributed by atoms with Gasteiger partial charge in [0, 0.05) is 19.7 Å². The van der Waals surface area contributed by atoms with Crippen LogP contribution in [0.4, 0.5) is 10.2 Å². The van der Waals surface area contributed by atoms with Gasteiger partial charge in [-0.05, 0) is 37.5 Å². The molecule has 4 rings (SSSR count). The zero-order chi connectivity index (χ0) is 17.4. The van der Waals surface area contributed by atoms with Crippen LogP contribution in [-0.4, -0.2) is 34.8 Å². The highest BCUT2D eigenvalue weighted by molar-refractivity contribution is 5.87. The number of benzene rings is 1. The van der Waals surface area contributed by atoms with Gasteiger partial charge in [-0.1, -0.05) is 17.3 Å². The molecule has 1 aliphatic rings. The van der Waals surface area contributed by atoms with E-state index in [4.69, 9.17) is 9.26 Å². The molecule has 7 heteroatoms. The van der Waals surface area contributed by atoms with E-state index in [1.807, 2.05) is 14.0 Å². The molecule has 0 unspecified atom stereocenters. The van der Waals surface area contributed by atoms with Crippen LogP contribution in [-0.2, 0) is 4.74 Å². The van der Waals surface area contributed by atoms with Gasteiger partial charge in [-0.25, -0.2) is 9.37 Å². The second-order valence-electron chi connectivity index (χ2n) is 6.35. The molecule has 1 aliphatic heterocycles. The van der Waals surface area contributed by atoms with E-state index in [0.717, 1.165) is 35.3 Å². The van der Waals surface area contributed by atoms with Gasteiger partial charge in [0.15, 0.2) is 0 Å². The smallest absolute Gasteiger partial charge is 0.263 e. The molecular weight excluding hydrogens is 323 g/mol. The van der Waals surface area contributed by atoms with Crippen LogP contribution in [0.2, 0.25) is 0 Å². The monoisotopic (exact) mass is 342 g/mol. The lowest BCUT2D eigenvalue weighted by molar-refractivity contribution is 0.00583. The van der Waals surface area contributed by atoms with Gasteiger partial charge < -0.3 is 14.2 Å². The molecule has 0 bridgehead atoms. The normalized spacial score (nSPS) is 20.8. The molecule has 1 aromatic carbocycles. The van der Waals surface area contributed by atoms with E-state index < -0.39 is 0 Å². The second-order valence-corrected chi connectivity index (χ2v) is 6.35. The summed E-state index contributed by atoms with van der Waals surface area (Å²) in [6.45, 7) is 2.53. The lowest BCUT2D eigenvalue weighted by atomic mass is 9.96. The number of halogens is 1. The quantitative estimate of drug-likeness (QED) is 0.727. The average Bonchev–Trinajstić information content (AvgIpc) is 3.03. The molecule has 0 saturated carbocycles. The minimum Gasteiger partial charge on any atom is -0.373 e. The van der Waals surface area contributed by atoms with Crippen molar-refractivity contribution in [2.45, 2.75) is 31.9 Å². The summed E-state index contributed by atoms with van der Waals surface area (Å²) in [5, 5.41) is 4.83. The summed E-state index contributed by atoms with van der Waals surface area (Å²) < 4.78 is 24.3. The molecule has 2 aromatic heterocycles. The van der Waals surface area contributed by atoms with Crippen molar-refractivity contribution in [3.8, 4) is 0 Å². The number of ether oxygens (including phenoxy) is 1. The molecule has 3 aromatic rings. The Kier molecular flexibility index (Phi) is 4.09. The van der Waals surface area contributed by atoms with Crippen LogP contribution in [0.3, 0.4) is 0 Å². The standard InChI is InChI=1S/C18H19FN4O2/c1-11-16-17(20-10-21-18(16)25-22-11)23(2)14-7-8-24-15(9-14)12-3-5-13(19)6-4-12/h3-6,10,14-15H,7-9H2,1-2H3/t14-,15-/m0/s1. The highest BCUT2D eigenvalue weighted by Crippen LogP contribution is 2.34. The maximum Gasteiger partial charge on any atom is 0.263 e. The van der Waals surface area contributed by atoms with Crippen molar-refractivity contribution in [3.63, 3.8) is 0 Å². The van der Waals surface area contributed by atoms with Gasteiger partial charge >= 0.3 is 0 Å². The zero-order valence-electron chi connectivity index (χ0n) is 14.1. The number of hydrogen-bond acceptors (Lipinski definition) is 6. The SMILES string of the molecule is Cc1noc2ncnc(N(C)[C@H]3CCO[C@H](c4ccc(F)cc4)C3)c12. The molecule has 3 heterocycles. The first-order valence-electron chi connectivity index (χ1n) is 8.30. The number of fused-ring (bicyclic) bond motifs is 1. The molecular formula is C18H19FN4O2. The summed E-state index contributed by atoms with van der Waals surface area (Å²) in [7, 11) is 2.02. The highest BCUT2D eigenvalue weighted by atomic mass is 19.1. The van der Waals surface area contributed by atoms with E-state index in [-0.39, 0.29) is 18.0 Å². The fraction of sp³-hybridized carbons (Fsp3) is 0.389. The van der Waals surface area contributed by atoms with Crippen molar-refractivity contribution < 1.29 is 13.7 Å². The van der Waals surface area contributed by atoms with E-state index in [2.05, 4.69) is 20.0 Å². The van der Waals surface area contributed by atoms with Crippen LogP contribution in [0.15, 0.2) is 35.1 Å². The van der Waals surface area contributed by atoms with Gasteiger partial charge in [0.1, 0.15) is 23.3 Å². The third kappa shape index (κ3) is 2.95. The van der Waals surface area contributed by atoms with Gasteiger partial charge in [-0.15, -0.1) is 0 Å². The van der Waals surface area contributed by atoms with E-state index in [1.165, 1.54) is 18.5 Å². The number of anilines is 1. The first-order valence-corrected chi connectivity index (χ1v) is 8.30. The summed E-state index contributed by atoms with van der Waals surface area (Å²) in [5.41, 5.74) is 2.27. The second kappa shape index (κ2) is 6.40. The summed E-state index contributed by atoms with van der Waals surface area (Å²) in [6.07, 6.45) is 3.14. The summed E-state index contributed by atoms with van der Waals surface area (Å²) in [6, 6.07) is 6.77. The fourth-order valence-corrected chi connectivity index (χ4v) is 3.39. The first kappa shape index (κ1) is 16.0. The topological polar surface area (TPSA) is 64.3 Å². The summed E-state index contributed by atoms with van der Waals surface area (Å²) >= 11 is 0. The van der Waals surface area contributed by atoms with E-state index >= 15 is 0 Å². The fourth-order valence-electron chi connectivity index (χ4n) is 3.39. The first-order chi connectivity index (χ1) is 12.1. The third-order valence-corrected chi connectivity index (χ3v) is 4.80. The predicted molar refractivity (Wildman–Crippen MR) is 90.9 cm³/mol. The Bertz CT molecular complexity index is 880. The maximum absolute atomic E-state index is 13.2. The Balaban J connectivity index is 1.60. The highest BCUT2D eigenvalue weighted by Gasteiger charge is 2.29. The van der Waals surface area contributed by atoms with Crippen LogP contribution < -0.4 is 4.90 Å². The number of hydrogen-bond donors (Lipinski definition) is 0. The van der Waals surface area contributed by atoms with E-state index in [9.17, 15) is 4.39 Å². The van der Waals surface area contributed by atoms with Crippen LogP contribution in [0.25, 0.3) is 11.1 Å². The van der Waals surface area contributed by atoms with Crippen molar-refractivity contribution in [2.75, 3.05) is 18.6 Å². The van der Waals surface area contributed by atoms with E-state index in [1.54, 1.807) is 12.1 Å². The molecule has 0 amide bonds. The number of rotatable bonds is 3. The van der Waals surface area contributed by atoms with Gasteiger partial charge in [0.2, 0.25) is 0 Å². The van der Waals surface area contributed by atoms with Gasteiger partial charge in [0.25, 0.3) is 5.71 Å². The third-order valence-electron chi connectivity index (χ3n) is 4.80. The summed E-state index contributed by atoms with van der Waals surface area (Å²) in [5.74, 6) is 0.577. The molecule has 2 atom stereocenters. The molecule has 0 radical (unpaired) electrons. The Morgan fingerprint density at radius 3 is 2.80 bits per heavy atom. The van der Waals surface area contributed by atoms with Crippen molar-refractivity contribution in [1.29, 1.82) is 0 Å². The Morgan fingerprint density at radius 2 is 2.00 bits per heavy atom. The minimum atomic E-state index is -0.237. The molecule has 1 saturated heterocycles. The number of aromatic nitrogens is 3. The van der Waals surface area contributed by atoms with Gasteiger partial charge in [0.05, 0.1) is 11.8 Å². The van der Waals surface area contributed by atoms with Crippen molar-refractivity contribution in [1.82, 2.24) is 15.1 Å². The predicted octanol–water partition coefficient (Wildman–Crippen LogP) is 3.42. The van der Waals surface area contributed by atoms with Crippen molar-refractivity contribution >= 4 is 16.9 Å². The van der Waals surface area contributed by atoms with Crippen LogP contribution in [0.1, 0.15) is 30.2 Å². The maximum atomic E-state index is 13.2. The molecule has 6 nitrogen and oxygen atoms in total. The molecule has 130 valence electrons. The van der Waals surface area contributed by atoms with Gasteiger partial charge in [-0.3, -0.25) is 0 Å². The van der Waals surface area contributed by atoms with Gasteiger partial charge in [-0.2, -0.15) is 4.98 Å².